The Morgan fingerprint density at radius 2 is 1.96 bits per heavy atom. The zero-order valence-corrected chi connectivity index (χ0v) is 18.0. The van der Waals surface area contributed by atoms with Crippen molar-refractivity contribution in [3.05, 3.63) is 0 Å². The molecule has 5 nitrogen and oxygen atoms in total. The second-order valence-corrected chi connectivity index (χ2v) is 6.77. The Morgan fingerprint density at radius 1 is 1.25 bits per heavy atom. The molecule has 0 aromatic carbocycles. The quantitative estimate of drug-likeness (QED) is 0.365. The summed E-state index contributed by atoms with van der Waals surface area (Å²) in [5.74, 6) is 1.79. The van der Waals surface area contributed by atoms with Gasteiger partial charge in [0.25, 0.3) is 0 Å². The Kier molecular flexibility index (Phi) is 11.3. The molecule has 0 amide bonds. The molecular formula is C18H36IN3O2. The van der Waals surface area contributed by atoms with Crippen LogP contribution in [0.2, 0.25) is 0 Å². The van der Waals surface area contributed by atoms with Crippen LogP contribution in [0.5, 0.6) is 0 Å². The Morgan fingerprint density at radius 3 is 2.50 bits per heavy atom. The van der Waals surface area contributed by atoms with E-state index in [4.69, 9.17) is 9.47 Å². The number of rotatable bonds is 7. The molecule has 0 bridgehead atoms. The molecule has 2 rings (SSSR count). The average molecular weight is 453 g/mol. The zero-order valence-electron chi connectivity index (χ0n) is 15.6. The fraction of sp³-hybridized carbons (Fsp3) is 0.944. The minimum Gasteiger partial charge on any atom is -0.376 e. The lowest BCUT2D eigenvalue weighted by atomic mass is 10.0. The van der Waals surface area contributed by atoms with E-state index in [9.17, 15) is 0 Å². The van der Waals surface area contributed by atoms with Crippen LogP contribution in [0.4, 0.5) is 0 Å². The number of aliphatic imine (C=N–C) groups is 1. The van der Waals surface area contributed by atoms with Gasteiger partial charge >= 0.3 is 0 Å². The van der Waals surface area contributed by atoms with E-state index in [0.717, 1.165) is 64.0 Å². The molecule has 0 saturated carbocycles. The molecular weight excluding hydrogens is 417 g/mol. The molecule has 2 heterocycles. The number of nitrogens with one attached hydrogen (secondary N) is 1. The van der Waals surface area contributed by atoms with Crippen molar-refractivity contribution in [1.82, 2.24) is 10.2 Å². The Balaban J connectivity index is 0.00000288. The topological polar surface area (TPSA) is 46.1 Å². The molecule has 2 fully saturated rings. The van der Waals surface area contributed by atoms with Crippen molar-refractivity contribution in [1.29, 1.82) is 0 Å². The van der Waals surface area contributed by atoms with Gasteiger partial charge in [0.15, 0.2) is 5.96 Å². The maximum absolute atomic E-state index is 6.05. The second-order valence-electron chi connectivity index (χ2n) is 6.77. The first-order chi connectivity index (χ1) is 11.3. The number of nitrogens with zero attached hydrogens (tertiary/aromatic N) is 2. The fourth-order valence-electron chi connectivity index (χ4n) is 3.40. The standard InChI is InChI=1S/C18H35N3O2.HI/c1-4-15(5-2)13-20-18(19-3)21-10-8-16(9-11-21)23-14-17-7-6-12-22-17;/h15-17H,4-14H2,1-3H3,(H,19,20);1H. The molecule has 0 aliphatic carbocycles. The van der Waals surface area contributed by atoms with Crippen LogP contribution in [0.3, 0.4) is 0 Å². The summed E-state index contributed by atoms with van der Waals surface area (Å²) in [5.41, 5.74) is 0. The highest BCUT2D eigenvalue weighted by atomic mass is 127. The van der Waals surface area contributed by atoms with Crippen LogP contribution in [0.1, 0.15) is 52.4 Å². The summed E-state index contributed by atoms with van der Waals surface area (Å²) in [7, 11) is 1.88. The highest BCUT2D eigenvalue weighted by molar-refractivity contribution is 14.0. The predicted molar refractivity (Wildman–Crippen MR) is 110 cm³/mol. The summed E-state index contributed by atoms with van der Waals surface area (Å²) in [6.07, 6.45) is 7.67. The fourth-order valence-corrected chi connectivity index (χ4v) is 3.40. The monoisotopic (exact) mass is 453 g/mol. The summed E-state index contributed by atoms with van der Waals surface area (Å²) < 4.78 is 11.7. The minimum absolute atomic E-state index is 0. The highest BCUT2D eigenvalue weighted by Crippen LogP contribution is 2.18. The van der Waals surface area contributed by atoms with Crippen molar-refractivity contribution < 1.29 is 9.47 Å². The van der Waals surface area contributed by atoms with Gasteiger partial charge in [-0.3, -0.25) is 4.99 Å². The molecule has 24 heavy (non-hydrogen) atoms. The lowest BCUT2D eigenvalue weighted by Crippen LogP contribution is -2.48. The van der Waals surface area contributed by atoms with E-state index < -0.39 is 0 Å². The summed E-state index contributed by atoms with van der Waals surface area (Å²) >= 11 is 0. The first-order valence-electron chi connectivity index (χ1n) is 9.45. The molecule has 6 heteroatoms. The van der Waals surface area contributed by atoms with Crippen molar-refractivity contribution in [2.24, 2.45) is 10.9 Å². The van der Waals surface area contributed by atoms with E-state index in [-0.39, 0.29) is 24.0 Å². The third kappa shape index (κ3) is 7.04. The van der Waals surface area contributed by atoms with Gasteiger partial charge in [-0.15, -0.1) is 24.0 Å². The van der Waals surface area contributed by atoms with E-state index in [1.165, 1.54) is 19.3 Å². The smallest absolute Gasteiger partial charge is 0.193 e. The second kappa shape index (κ2) is 12.3. The molecule has 2 aliphatic rings. The largest absolute Gasteiger partial charge is 0.376 e. The molecule has 142 valence electrons. The van der Waals surface area contributed by atoms with Crippen molar-refractivity contribution in [3.63, 3.8) is 0 Å². The normalized spacial score (nSPS) is 22.8. The number of likely N-dealkylation sites (tertiary alicyclic amines) is 1. The molecule has 0 radical (unpaired) electrons. The summed E-state index contributed by atoms with van der Waals surface area (Å²) in [4.78, 5) is 6.83. The van der Waals surface area contributed by atoms with Crippen LogP contribution < -0.4 is 5.32 Å². The summed E-state index contributed by atoms with van der Waals surface area (Å²) in [5, 5.41) is 3.55. The third-order valence-electron chi connectivity index (χ3n) is 5.20. The third-order valence-corrected chi connectivity index (χ3v) is 5.20. The van der Waals surface area contributed by atoms with Gasteiger partial charge in [-0.1, -0.05) is 26.7 Å². The Labute approximate surface area is 165 Å². The Hall–Kier alpha value is -0.0800. The van der Waals surface area contributed by atoms with Crippen LogP contribution in [-0.2, 0) is 9.47 Å². The van der Waals surface area contributed by atoms with E-state index in [1.807, 2.05) is 7.05 Å². The first-order valence-corrected chi connectivity index (χ1v) is 9.45. The number of piperidine rings is 1. The predicted octanol–water partition coefficient (Wildman–Crippen LogP) is 3.28. The molecule has 1 unspecified atom stereocenters. The van der Waals surface area contributed by atoms with Gasteiger partial charge < -0.3 is 19.7 Å². The molecule has 2 saturated heterocycles. The number of ether oxygens (including phenoxy) is 2. The molecule has 0 aromatic rings. The molecule has 1 atom stereocenters. The van der Waals surface area contributed by atoms with Gasteiger partial charge in [-0.25, -0.2) is 0 Å². The maximum Gasteiger partial charge on any atom is 0.193 e. The molecule has 0 aromatic heterocycles. The van der Waals surface area contributed by atoms with Gasteiger partial charge in [-0.05, 0) is 31.6 Å². The average Bonchev–Trinajstić information content (AvgIpc) is 3.11. The number of hydrogen-bond donors (Lipinski definition) is 1. The van der Waals surface area contributed by atoms with Gasteiger partial charge in [0.1, 0.15) is 0 Å². The van der Waals surface area contributed by atoms with Gasteiger partial charge in [0.2, 0.25) is 0 Å². The van der Waals surface area contributed by atoms with Crippen LogP contribution in [0.25, 0.3) is 0 Å². The first kappa shape index (κ1) is 22.0. The van der Waals surface area contributed by atoms with E-state index in [0.29, 0.717) is 12.2 Å². The van der Waals surface area contributed by atoms with Gasteiger partial charge in [0, 0.05) is 33.3 Å². The van der Waals surface area contributed by atoms with E-state index in [2.05, 4.69) is 29.1 Å². The van der Waals surface area contributed by atoms with Crippen LogP contribution >= 0.6 is 24.0 Å². The lowest BCUT2D eigenvalue weighted by Gasteiger charge is -2.34. The van der Waals surface area contributed by atoms with Crippen LogP contribution in [-0.4, -0.2) is 63.0 Å². The molecule has 1 N–H and O–H groups in total. The van der Waals surface area contributed by atoms with Crippen molar-refractivity contribution >= 4 is 29.9 Å². The lowest BCUT2D eigenvalue weighted by molar-refractivity contribution is -0.0367. The van der Waals surface area contributed by atoms with Crippen LogP contribution in [0.15, 0.2) is 4.99 Å². The van der Waals surface area contributed by atoms with Crippen molar-refractivity contribution in [2.45, 2.75) is 64.6 Å². The summed E-state index contributed by atoms with van der Waals surface area (Å²) in [6.45, 7) is 9.27. The van der Waals surface area contributed by atoms with Crippen molar-refractivity contribution in [3.8, 4) is 0 Å². The zero-order chi connectivity index (χ0) is 16.5. The van der Waals surface area contributed by atoms with Gasteiger partial charge in [-0.2, -0.15) is 0 Å². The Bertz CT molecular complexity index is 350. The van der Waals surface area contributed by atoms with Crippen molar-refractivity contribution in [2.75, 3.05) is 39.9 Å². The van der Waals surface area contributed by atoms with Crippen LogP contribution in [0, 0.1) is 5.92 Å². The van der Waals surface area contributed by atoms with E-state index >= 15 is 0 Å². The summed E-state index contributed by atoms with van der Waals surface area (Å²) in [6, 6.07) is 0. The molecule has 2 aliphatic heterocycles. The minimum atomic E-state index is 0. The number of guanidine groups is 1. The van der Waals surface area contributed by atoms with Gasteiger partial charge in [0.05, 0.1) is 18.8 Å². The SMILES string of the molecule is CCC(CC)CNC(=NC)N1CCC(OCC2CCCO2)CC1.I. The van der Waals surface area contributed by atoms with E-state index in [1.54, 1.807) is 0 Å². The number of halogens is 1. The number of hydrogen-bond acceptors (Lipinski definition) is 3. The molecule has 0 spiro atoms. The maximum atomic E-state index is 6.05. The highest BCUT2D eigenvalue weighted by Gasteiger charge is 2.24.